The van der Waals surface area contributed by atoms with Crippen molar-refractivity contribution < 1.29 is 28.5 Å². The van der Waals surface area contributed by atoms with E-state index in [2.05, 4.69) is 13.8 Å². The summed E-state index contributed by atoms with van der Waals surface area (Å²) >= 11 is 0. The molecule has 0 radical (unpaired) electrons. The zero-order chi connectivity index (χ0) is 36.4. The molecule has 0 N–H and O–H groups in total. The summed E-state index contributed by atoms with van der Waals surface area (Å²) < 4.78 is 23.2. The van der Waals surface area contributed by atoms with Gasteiger partial charge < -0.3 is 18.9 Å². The molecule has 0 aliphatic carbocycles. The van der Waals surface area contributed by atoms with Crippen LogP contribution in [0.15, 0.2) is 66.7 Å². The lowest BCUT2D eigenvalue weighted by molar-refractivity contribution is 0.0682. The van der Waals surface area contributed by atoms with Crippen LogP contribution in [0.4, 0.5) is 0 Å². The SMILES string of the molecule is CCCCCCCCCCCCOc1ccc(C(=O)Oc2ccc(C)cc2OC(=O)c2ccc(OCCCCCCCCCCCC)cc2)cc1. The van der Waals surface area contributed by atoms with E-state index in [9.17, 15) is 9.59 Å². The Balaban J connectivity index is 1.37. The second-order valence-corrected chi connectivity index (χ2v) is 13.8. The molecule has 0 saturated carbocycles. The van der Waals surface area contributed by atoms with Crippen LogP contribution in [-0.4, -0.2) is 25.2 Å². The molecule has 0 aromatic heterocycles. The van der Waals surface area contributed by atoms with Gasteiger partial charge in [-0.15, -0.1) is 0 Å². The lowest BCUT2D eigenvalue weighted by atomic mass is 10.1. The number of carbonyl (C=O) groups excluding carboxylic acids is 2. The number of ether oxygens (including phenoxy) is 4. The van der Waals surface area contributed by atoms with E-state index in [-0.39, 0.29) is 11.5 Å². The van der Waals surface area contributed by atoms with Crippen molar-refractivity contribution in [2.45, 2.75) is 149 Å². The normalized spacial score (nSPS) is 11.0. The highest BCUT2D eigenvalue weighted by Gasteiger charge is 2.17. The van der Waals surface area contributed by atoms with E-state index in [0.29, 0.717) is 24.3 Å². The number of benzene rings is 3. The molecule has 0 heterocycles. The van der Waals surface area contributed by atoms with Gasteiger partial charge in [0.1, 0.15) is 11.5 Å². The molecule has 0 fully saturated rings. The Labute approximate surface area is 308 Å². The summed E-state index contributed by atoms with van der Waals surface area (Å²) in [6.07, 6.45) is 25.6. The molecule has 0 atom stereocenters. The maximum absolute atomic E-state index is 13.0. The highest BCUT2D eigenvalue weighted by atomic mass is 16.6. The highest BCUT2D eigenvalue weighted by Crippen LogP contribution is 2.30. The summed E-state index contributed by atoms with van der Waals surface area (Å²) in [5.41, 5.74) is 1.64. The zero-order valence-corrected chi connectivity index (χ0v) is 31.9. The smallest absolute Gasteiger partial charge is 0.343 e. The van der Waals surface area contributed by atoms with Gasteiger partial charge in [0, 0.05) is 0 Å². The van der Waals surface area contributed by atoms with Crippen LogP contribution in [0.1, 0.15) is 169 Å². The monoisotopic (exact) mass is 700 g/mol. The fourth-order valence-electron chi connectivity index (χ4n) is 6.03. The Morgan fingerprint density at radius 1 is 0.431 bits per heavy atom. The van der Waals surface area contributed by atoms with Gasteiger partial charge in [0.2, 0.25) is 0 Å². The Hall–Kier alpha value is -3.80. The molecule has 0 saturated heterocycles. The van der Waals surface area contributed by atoms with Gasteiger partial charge in [0.15, 0.2) is 11.5 Å². The highest BCUT2D eigenvalue weighted by molar-refractivity contribution is 5.93. The molecule has 0 bridgehead atoms. The van der Waals surface area contributed by atoms with Gasteiger partial charge in [0.25, 0.3) is 0 Å². The van der Waals surface area contributed by atoms with E-state index < -0.39 is 11.9 Å². The first kappa shape index (κ1) is 41.6. The van der Waals surface area contributed by atoms with Crippen LogP contribution < -0.4 is 18.9 Å². The number of carbonyl (C=O) groups is 2. The Kier molecular flexibility index (Phi) is 21.3. The second kappa shape index (κ2) is 26.0. The minimum Gasteiger partial charge on any atom is -0.494 e. The van der Waals surface area contributed by atoms with Crippen molar-refractivity contribution in [2.24, 2.45) is 0 Å². The molecule has 3 aromatic carbocycles. The van der Waals surface area contributed by atoms with Gasteiger partial charge in [-0.2, -0.15) is 0 Å². The molecular weight excluding hydrogens is 636 g/mol. The fraction of sp³-hybridized carbons (Fsp3) is 0.556. The molecule has 51 heavy (non-hydrogen) atoms. The minimum atomic E-state index is -0.540. The van der Waals surface area contributed by atoms with Gasteiger partial charge in [-0.05, 0) is 86.0 Å². The predicted octanol–water partition coefficient (Wildman–Crippen LogP) is 13.0. The van der Waals surface area contributed by atoms with Crippen molar-refractivity contribution in [3.63, 3.8) is 0 Å². The second-order valence-electron chi connectivity index (χ2n) is 13.8. The third-order valence-corrected chi connectivity index (χ3v) is 9.22. The lowest BCUT2D eigenvalue weighted by Crippen LogP contribution is -2.13. The Bertz CT molecular complexity index is 1360. The summed E-state index contributed by atoms with van der Waals surface area (Å²) in [7, 11) is 0. The first-order valence-corrected chi connectivity index (χ1v) is 20.0. The standard InChI is InChI=1S/C45H64O6/c1-4-6-8-10-12-14-16-18-20-22-34-48-40-29-25-38(26-30-40)44(46)50-42-33-24-37(3)36-43(42)51-45(47)39-27-31-41(32-28-39)49-35-23-21-19-17-15-13-11-9-7-5-2/h24-33,36H,4-23,34-35H2,1-3H3. The quantitative estimate of drug-likeness (QED) is 0.0426. The van der Waals surface area contributed by atoms with E-state index in [0.717, 1.165) is 29.9 Å². The lowest BCUT2D eigenvalue weighted by Gasteiger charge is -2.12. The van der Waals surface area contributed by atoms with Crippen molar-refractivity contribution in [1.29, 1.82) is 0 Å². The van der Waals surface area contributed by atoms with Crippen molar-refractivity contribution in [1.82, 2.24) is 0 Å². The van der Waals surface area contributed by atoms with E-state index >= 15 is 0 Å². The predicted molar refractivity (Wildman–Crippen MR) is 209 cm³/mol. The molecule has 280 valence electrons. The Morgan fingerprint density at radius 2 is 0.784 bits per heavy atom. The van der Waals surface area contributed by atoms with Crippen LogP contribution in [0.5, 0.6) is 23.0 Å². The fourth-order valence-corrected chi connectivity index (χ4v) is 6.03. The molecule has 0 spiro atoms. The van der Waals surface area contributed by atoms with Crippen molar-refractivity contribution >= 4 is 11.9 Å². The van der Waals surface area contributed by atoms with Gasteiger partial charge >= 0.3 is 11.9 Å². The van der Waals surface area contributed by atoms with Crippen LogP contribution >= 0.6 is 0 Å². The van der Waals surface area contributed by atoms with Crippen LogP contribution in [0.2, 0.25) is 0 Å². The largest absolute Gasteiger partial charge is 0.494 e. The van der Waals surface area contributed by atoms with E-state index in [1.807, 2.05) is 13.0 Å². The molecule has 3 aromatic rings. The maximum atomic E-state index is 13.0. The molecular formula is C45H64O6. The van der Waals surface area contributed by atoms with Crippen LogP contribution in [0.3, 0.4) is 0 Å². The molecule has 0 amide bonds. The first-order valence-electron chi connectivity index (χ1n) is 20.0. The van der Waals surface area contributed by atoms with Gasteiger partial charge in [-0.1, -0.05) is 135 Å². The van der Waals surface area contributed by atoms with Crippen molar-refractivity contribution in [3.8, 4) is 23.0 Å². The number of aryl methyl sites for hydroxylation is 1. The van der Waals surface area contributed by atoms with Crippen molar-refractivity contribution in [3.05, 3.63) is 83.4 Å². The molecule has 0 aliphatic rings. The summed E-state index contributed by atoms with van der Waals surface area (Å²) in [5, 5.41) is 0. The number of rotatable bonds is 28. The third kappa shape index (κ3) is 17.8. The van der Waals surface area contributed by atoms with E-state index in [1.165, 1.54) is 116 Å². The molecule has 3 rings (SSSR count). The number of hydrogen-bond acceptors (Lipinski definition) is 6. The van der Waals surface area contributed by atoms with Crippen molar-refractivity contribution in [2.75, 3.05) is 13.2 Å². The topological polar surface area (TPSA) is 71.1 Å². The summed E-state index contributed by atoms with van der Waals surface area (Å²) in [5.74, 6) is 0.734. The van der Waals surface area contributed by atoms with Crippen LogP contribution in [-0.2, 0) is 0 Å². The summed E-state index contributed by atoms with van der Waals surface area (Å²) in [6.45, 7) is 7.72. The molecule has 0 unspecified atom stereocenters. The minimum absolute atomic E-state index is 0.177. The zero-order valence-electron chi connectivity index (χ0n) is 31.9. The third-order valence-electron chi connectivity index (χ3n) is 9.22. The maximum Gasteiger partial charge on any atom is 0.343 e. The first-order chi connectivity index (χ1) is 25.0. The summed E-state index contributed by atoms with van der Waals surface area (Å²) in [6, 6.07) is 19.1. The summed E-state index contributed by atoms with van der Waals surface area (Å²) in [4.78, 5) is 26.1. The Morgan fingerprint density at radius 3 is 1.18 bits per heavy atom. The number of hydrogen-bond donors (Lipinski definition) is 0. The van der Waals surface area contributed by atoms with E-state index in [1.54, 1.807) is 60.7 Å². The van der Waals surface area contributed by atoms with Gasteiger partial charge in [0.05, 0.1) is 24.3 Å². The average molecular weight is 701 g/mol. The van der Waals surface area contributed by atoms with Gasteiger partial charge in [-0.3, -0.25) is 0 Å². The average Bonchev–Trinajstić information content (AvgIpc) is 3.14. The van der Waals surface area contributed by atoms with E-state index in [4.69, 9.17) is 18.9 Å². The number of esters is 2. The molecule has 6 nitrogen and oxygen atoms in total. The number of unbranched alkanes of at least 4 members (excludes halogenated alkanes) is 18. The molecule has 0 aliphatic heterocycles. The van der Waals surface area contributed by atoms with Gasteiger partial charge in [-0.25, -0.2) is 9.59 Å². The van der Waals surface area contributed by atoms with Crippen LogP contribution in [0, 0.1) is 6.92 Å². The molecule has 6 heteroatoms. The van der Waals surface area contributed by atoms with Crippen LogP contribution in [0.25, 0.3) is 0 Å².